The van der Waals surface area contributed by atoms with Gasteiger partial charge in [-0.15, -0.1) is 0 Å². The topological polar surface area (TPSA) is 35.8 Å². The fourth-order valence-corrected chi connectivity index (χ4v) is 2.30. The molecule has 3 atom stereocenters. The van der Waals surface area contributed by atoms with Crippen LogP contribution in [0.15, 0.2) is 0 Å². The Morgan fingerprint density at radius 2 is 2.14 bits per heavy atom. The van der Waals surface area contributed by atoms with Crippen LogP contribution >= 0.6 is 0 Å². The maximum absolute atomic E-state index is 8.67. The minimum atomic E-state index is 0.408. The van der Waals surface area contributed by atoms with Crippen molar-refractivity contribution >= 4 is 0 Å². The van der Waals surface area contributed by atoms with Crippen LogP contribution in [0.4, 0.5) is 0 Å². The minimum Gasteiger partial charge on any atom is -0.310 e. The Kier molecular flexibility index (Phi) is 4.97. The molecule has 2 nitrogen and oxygen atoms in total. The van der Waals surface area contributed by atoms with Crippen molar-refractivity contribution in [3.05, 3.63) is 0 Å². The molecule has 3 unspecified atom stereocenters. The van der Waals surface area contributed by atoms with Gasteiger partial charge in [-0.3, -0.25) is 0 Å². The van der Waals surface area contributed by atoms with E-state index in [1.54, 1.807) is 0 Å². The second-order valence-electron chi connectivity index (χ2n) is 4.50. The summed E-state index contributed by atoms with van der Waals surface area (Å²) < 4.78 is 0. The highest BCUT2D eigenvalue weighted by Gasteiger charge is 2.22. The minimum absolute atomic E-state index is 0.408. The van der Waals surface area contributed by atoms with Crippen molar-refractivity contribution in [2.24, 2.45) is 5.92 Å². The van der Waals surface area contributed by atoms with Crippen LogP contribution in [0, 0.1) is 17.2 Å². The largest absolute Gasteiger partial charge is 0.310 e. The number of rotatable bonds is 4. The average Bonchev–Trinajstić information content (AvgIpc) is 2.20. The summed E-state index contributed by atoms with van der Waals surface area (Å²) in [6.07, 6.45) is 7.10. The Balaban J connectivity index is 2.36. The lowest BCUT2D eigenvalue weighted by Gasteiger charge is -2.32. The Morgan fingerprint density at radius 3 is 2.71 bits per heavy atom. The molecule has 0 saturated heterocycles. The maximum Gasteiger partial charge on any atom is 0.0638 e. The van der Waals surface area contributed by atoms with E-state index in [0.29, 0.717) is 18.5 Å². The molecule has 0 bridgehead atoms. The number of hydrogen-bond donors (Lipinski definition) is 1. The fourth-order valence-electron chi connectivity index (χ4n) is 2.30. The van der Waals surface area contributed by atoms with Crippen molar-refractivity contribution in [3.8, 4) is 6.07 Å². The molecule has 0 heterocycles. The van der Waals surface area contributed by atoms with Gasteiger partial charge in [-0.25, -0.2) is 0 Å². The van der Waals surface area contributed by atoms with Crippen LogP contribution in [0.1, 0.15) is 52.4 Å². The average molecular weight is 194 g/mol. The third-order valence-electron chi connectivity index (χ3n) is 3.39. The Hall–Kier alpha value is -0.550. The molecule has 0 spiro atoms. The van der Waals surface area contributed by atoms with Crippen molar-refractivity contribution < 1.29 is 0 Å². The van der Waals surface area contributed by atoms with Crippen molar-refractivity contribution in [3.63, 3.8) is 0 Å². The predicted molar refractivity (Wildman–Crippen MR) is 58.9 cm³/mol. The van der Waals surface area contributed by atoms with Gasteiger partial charge in [-0.05, 0) is 25.2 Å². The van der Waals surface area contributed by atoms with Crippen LogP contribution in [0.25, 0.3) is 0 Å². The summed E-state index contributed by atoms with van der Waals surface area (Å²) in [4.78, 5) is 0. The van der Waals surface area contributed by atoms with Gasteiger partial charge < -0.3 is 5.32 Å². The first-order chi connectivity index (χ1) is 6.77. The van der Waals surface area contributed by atoms with Gasteiger partial charge in [-0.1, -0.05) is 26.7 Å². The molecule has 1 N–H and O–H groups in total. The molecule has 1 saturated carbocycles. The lowest BCUT2D eigenvalue weighted by Crippen LogP contribution is -2.43. The molecule has 1 fully saturated rings. The molecule has 0 aromatic carbocycles. The SMILES string of the molecule is CCC(CC#N)NC1CCCCC1C. The highest BCUT2D eigenvalue weighted by Crippen LogP contribution is 2.24. The molecular weight excluding hydrogens is 172 g/mol. The van der Waals surface area contributed by atoms with Gasteiger partial charge in [0.1, 0.15) is 0 Å². The van der Waals surface area contributed by atoms with E-state index in [4.69, 9.17) is 5.26 Å². The predicted octanol–water partition coefficient (Wildman–Crippen LogP) is 2.85. The maximum atomic E-state index is 8.67. The lowest BCUT2D eigenvalue weighted by atomic mass is 9.85. The molecule has 0 aromatic rings. The van der Waals surface area contributed by atoms with Gasteiger partial charge in [0.25, 0.3) is 0 Å². The van der Waals surface area contributed by atoms with Gasteiger partial charge >= 0.3 is 0 Å². The van der Waals surface area contributed by atoms with Gasteiger partial charge in [-0.2, -0.15) is 5.26 Å². The standard InChI is InChI=1S/C12H22N2/c1-3-11(8-9-13)14-12-7-5-4-6-10(12)2/h10-12,14H,3-8H2,1-2H3. The van der Waals surface area contributed by atoms with E-state index in [1.807, 2.05) is 0 Å². The summed E-state index contributed by atoms with van der Waals surface area (Å²) in [7, 11) is 0. The highest BCUT2D eigenvalue weighted by molar-refractivity contribution is 4.85. The first-order valence-corrected chi connectivity index (χ1v) is 5.91. The summed E-state index contributed by atoms with van der Waals surface area (Å²) >= 11 is 0. The zero-order valence-corrected chi connectivity index (χ0v) is 9.42. The normalized spacial score (nSPS) is 29.5. The molecule has 1 aliphatic carbocycles. The summed E-state index contributed by atoms with van der Waals surface area (Å²) in [5.41, 5.74) is 0. The van der Waals surface area contributed by atoms with Crippen LogP contribution in [-0.4, -0.2) is 12.1 Å². The Labute approximate surface area is 87.7 Å². The van der Waals surface area contributed by atoms with Crippen LogP contribution in [-0.2, 0) is 0 Å². The first-order valence-electron chi connectivity index (χ1n) is 5.91. The first kappa shape index (κ1) is 11.5. The summed E-state index contributed by atoms with van der Waals surface area (Å²) in [5, 5.41) is 12.3. The van der Waals surface area contributed by atoms with E-state index in [1.165, 1.54) is 25.7 Å². The monoisotopic (exact) mass is 194 g/mol. The molecule has 0 amide bonds. The van der Waals surface area contributed by atoms with E-state index in [9.17, 15) is 0 Å². The molecule has 80 valence electrons. The number of nitrogens with one attached hydrogen (secondary N) is 1. The van der Waals surface area contributed by atoms with E-state index < -0.39 is 0 Å². The number of nitrogens with zero attached hydrogens (tertiary/aromatic N) is 1. The second kappa shape index (κ2) is 6.03. The van der Waals surface area contributed by atoms with Gasteiger partial charge in [0, 0.05) is 12.1 Å². The van der Waals surface area contributed by atoms with Crippen LogP contribution in [0.5, 0.6) is 0 Å². The van der Waals surface area contributed by atoms with Crippen LogP contribution < -0.4 is 5.32 Å². The molecule has 0 aliphatic heterocycles. The molecule has 1 aliphatic rings. The zero-order chi connectivity index (χ0) is 10.4. The molecule has 2 heteroatoms. The van der Waals surface area contributed by atoms with E-state index in [-0.39, 0.29) is 0 Å². The van der Waals surface area contributed by atoms with Gasteiger partial charge in [0.15, 0.2) is 0 Å². The van der Waals surface area contributed by atoms with Crippen LogP contribution in [0.3, 0.4) is 0 Å². The van der Waals surface area contributed by atoms with Crippen molar-refractivity contribution in [1.29, 1.82) is 5.26 Å². The molecule has 0 radical (unpaired) electrons. The number of hydrogen-bond acceptors (Lipinski definition) is 2. The highest BCUT2D eigenvalue weighted by atomic mass is 15.0. The van der Waals surface area contributed by atoms with E-state index >= 15 is 0 Å². The Bertz CT molecular complexity index is 195. The Morgan fingerprint density at radius 1 is 1.43 bits per heavy atom. The quantitative estimate of drug-likeness (QED) is 0.747. The van der Waals surface area contributed by atoms with Crippen LogP contribution in [0.2, 0.25) is 0 Å². The summed E-state index contributed by atoms with van der Waals surface area (Å²) in [6.45, 7) is 4.48. The summed E-state index contributed by atoms with van der Waals surface area (Å²) in [6, 6.07) is 3.32. The van der Waals surface area contributed by atoms with E-state index in [0.717, 1.165) is 12.3 Å². The fraction of sp³-hybridized carbons (Fsp3) is 0.917. The smallest absolute Gasteiger partial charge is 0.0638 e. The van der Waals surface area contributed by atoms with Crippen molar-refractivity contribution in [1.82, 2.24) is 5.32 Å². The molecule has 0 aromatic heterocycles. The third-order valence-corrected chi connectivity index (χ3v) is 3.39. The lowest BCUT2D eigenvalue weighted by molar-refractivity contribution is 0.256. The molecule has 1 rings (SSSR count). The van der Waals surface area contributed by atoms with E-state index in [2.05, 4.69) is 25.2 Å². The zero-order valence-electron chi connectivity index (χ0n) is 9.42. The van der Waals surface area contributed by atoms with Crippen molar-refractivity contribution in [2.45, 2.75) is 64.5 Å². The van der Waals surface area contributed by atoms with Crippen molar-refractivity contribution in [2.75, 3.05) is 0 Å². The molecular formula is C12H22N2. The number of nitriles is 1. The summed E-state index contributed by atoms with van der Waals surface area (Å²) in [5.74, 6) is 0.788. The second-order valence-corrected chi connectivity index (χ2v) is 4.50. The van der Waals surface area contributed by atoms with Gasteiger partial charge in [0.05, 0.1) is 12.5 Å². The molecule has 14 heavy (non-hydrogen) atoms. The third kappa shape index (κ3) is 3.31. The van der Waals surface area contributed by atoms with Gasteiger partial charge in [0.2, 0.25) is 0 Å².